The molecule has 0 saturated heterocycles. The Kier molecular flexibility index (Phi) is 3.13. The smallest absolute Gasteiger partial charge is 0.316 e. The van der Waals surface area contributed by atoms with Crippen LogP contribution in [0.15, 0.2) is 11.6 Å². The molecule has 16 heavy (non-hydrogen) atoms. The molecule has 0 aromatic heterocycles. The van der Waals surface area contributed by atoms with Crippen LogP contribution in [0.1, 0.15) is 45.4 Å². The monoisotopic (exact) mass is 222 g/mol. The Bertz CT molecular complexity index is 343. The predicted molar refractivity (Wildman–Crippen MR) is 59.9 cm³/mol. The summed E-state index contributed by atoms with van der Waals surface area (Å²) in [5.74, 6) is 0.0465. The van der Waals surface area contributed by atoms with E-state index in [9.17, 15) is 9.59 Å². The highest BCUT2D eigenvalue weighted by Crippen LogP contribution is 2.47. The minimum absolute atomic E-state index is 0.117. The Hall–Kier alpha value is -1.12. The third-order valence-electron chi connectivity index (χ3n) is 3.71. The molecule has 3 heteroatoms. The normalized spacial score (nSPS) is 29.3. The van der Waals surface area contributed by atoms with Gasteiger partial charge in [-0.15, -0.1) is 0 Å². The van der Waals surface area contributed by atoms with Gasteiger partial charge in [0.2, 0.25) is 0 Å². The molecule has 1 atom stereocenters. The predicted octanol–water partition coefficient (Wildman–Crippen LogP) is 2.40. The van der Waals surface area contributed by atoms with Crippen molar-refractivity contribution in [3.05, 3.63) is 11.6 Å². The lowest BCUT2D eigenvalue weighted by molar-refractivity contribution is -0.155. The van der Waals surface area contributed by atoms with Crippen molar-refractivity contribution in [2.75, 3.05) is 6.61 Å². The summed E-state index contributed by atoms with van der Waals surface area (Å²) in [7, 11) is 0. The molecule has 88 valence electrons. The quantitative estimate of drug-likeness (QED) is 0.674. The van der Waals surface area contributed by atoms with Gasteiger partial charge >= 0.3 is 5.97 Å². The van der Waals surface area contributed by atoms with Gasteiger partial charge in [-0.3, -0.25) is 9.59 Å². The highest BCUT2D eigenvalue weighted by atomic mass is 16.5. The second-order valence-corrected chi connectivity index (χ2v) is 4.65. The van der Waals surface area contributed by atoms with Crippen LogP contribution in [-0.2, 0) is 14.3 Å². The zero-order chi connectivity index (χ0) is 11.6. The van der Waals surface area contributed by atoms with E-state index in [0.29, 0.717) is 19.4 Å². The van der Waals surface area contributed by atoms with E-state index in [0.717, 1.165) is 31.3 Å². The molecule has 1 saturated carbocycles. The number of hydrogen-bond donors (Lipinski definition) is 0. The van der Waals surface area contributed by atoms with E-state index in [1.165, 1.54) is 0 Å². The highest BCUT2D eigenvalue weighted by molar-refractivity contribution is 5.95. The van der Waals surface area contributed by atoms with Gasteiger partial charge in [0.15, 0.2) is 5.78 Å². The molecule has 0 amide bonds. The van der Waals surface area contributed by atoms with Crippen LogP contribution >= 0.6 is 0 Å². The van der Waals surface area contributed by atoms with Crippen molar-refractivity contribution >= 4 is 11.8 Å². The van der Waals surface area contributed by atoms with E-state index in [1.54, 1.807) is 6.08 Å². The first kappa shape index (κ1) is 11.4. The van der Waals surface area contributed by atoms with Crippen molar-refractivity contribution in [1.82, 2.24) is 0 Å². The van der Waals surface area contributed by atoms with Crippen LogP contribution in [0.4, 0.5) is 0 Å². The van der Waals surface area contributed by atoms with Crippen LogP contribution in [0.3, 0.4) is 0 Å². The van der Waals surface area contributed by atoms with Crippen LogP contribution in [0, 0.1) is 5.41 Å². The summed E-state index contributed by atoms with van der Waals surface area (Å²) < 4.78 is 5.19. The van der Waals surface area contributed by atoms with Gasteiger partial charge in [-0.05, 0) is 44.3 Å². The SMILES string of the molecule is CCOC(=O)[C@@]12CCCCC1=CC(=O)CC2. The molecule has 3 nitrogen and oxygen atoms in total. The Morgan fingerprint density at radius 2 is 2.19 bits per heavy atom. The molecule has 0 radical (unpaired) electrons. The maximum atomic E-state index is 12.1. The second kappa shape index (κ2) is 4.40. The number of rotatable bonds is 2. The summed E-state index contributed by atoms with van der Waals surface area (Å²) in [4.78, 5) is 23.5. The first-order valence-electron chi connectivity index (χ1n) is 6.10. The van der Waals surface area contributed by atoms with Gasteiger partial charge in [-0.2, -0.15) is 0 Å². The van der Waals surface area contributed by atoms with Gasteiger partial charge in [0.25, 0.3) is 0 Å². The molecule has 0 spiro atoms. The average Bonchev–Trinajstić information content (AvgIpc) is 2.29. The van der Waals surface area contributed by atoms with E-state index in [-0.39, 0.29) is 11.8 Å². The molecule has 0 aliphatic heterocycles. The van der Waals surface area contributed by atoms with Crippen molar-refractivity contribution in [2.24, 2.45) is 5.41 Å². The fourth-order valence-corrected chi connectivity index (χ4v) is 2.85. The van der Waals surface area contributed by atoms with Gasteiger partial charge in [0.05, 0.1) is 12.0 Å². The Morgan fingerprint density at radius 3 is 2.94 bits per heavy atom. The summed E-state index contributed by atoms with van der Waals surface area (Å²) in [6.45, 7) is 2.25. The maximum Gasteiger partial charge on any atom is 0.316 e. The zero-order valence-electron chi connectivity index (χ0n) is 9.75. The maximum absolute atomic E-state index is 12.1. The molecule has 2 rings (SSSR count). The first-order valence-corrected chi connectivity index (χ1v) is 6.10. The second-order valence-electron chi connectivity index (χ2n) is 4.65. The molecular weight excluding hydrogens is 204 g/mol. The molecule has 0 aromatic rings. The molecule has 0 N–H and O–H groups in total. The van der Waals surface area contributed by atoms with E-state index < -0.39 is 5.41 Å². The highest BCUT2D eigenvalue weighted by Gasteiger charge is 2.46. The molecule has 0 aromatic carbocycles. The third-order valence-corrected chi connectivity index (χ3v) is 3.71. The lowest BCUT2D eigenvalue weighted by Crippen LogP contribution is -2.40. The molecule has 0 unspecified atom stereocenters. The largest absolute Gasteiger partial charge is 0.465 e. The van der Waals surface area contributed by atoms with Gasteiger partial charge in [-0.1, -0.05) is 6.42 Å². The number of ether oxygens (including phenoxy) is 1. The third kappa shape index (κ3) is 1.79. The standard InChI is InChI=1S/C13H18O3/c1-2-16-12(15)13-7-4-3-5-10(13)9-11(14)6-8-13/h9H,2-8H2,1H3/t13-/m1/s1. The number of carbonyl (C=O) groups excluding carboxylic acids is 2. The van der Waals surface area contributed by atoms with E-state index in [4.69, 9.17) is 4.74 Å². The van der Waals surface area contributed by atoms with Crippen molar-refractivity contribution in [1.29, 1.82) is 0 Å². The van der Waals surface area contributed by atoms with Crippen LogP contribution in [-0.4, -0.2) is 18.4 Å². The number of ketones is 1. The molecular formula is C13H18O3. The van der Waals surface area contributed by atoms with Gasteiger partial charge in [0.1, 0.15) is 0 Å². The van der Waals surface area contributed by atoms with Crippen LogP contribution in [0.5, 0.6) is 0 Å². The molecule has 1 fully saturated rings. The summed E-state index contributed by atoms with van der Waals surface area (Å²) in [6, 6.07) is 0. The van der Waals surface area contributed by atoms with Crippen LogP contribution in [0.25, 0.3) is 0 Å². The Balaban J connectivity index is 2.30. The van der Waals surface area contributed by atoms with Gasteiger partial charge in [0, 0.05) is 6.42 Å². The zero-order valence-corrected chi connectivity index (χ0v) is 9.75. The summed E-state index contributed by atoms with van der Waals surface area (Å²) in [6.07, 6.45) is 6.71. The fourth-order valence-electron chi connectivity index (χ4n) is 2.85. The minimum atomic E-state index is -0.456. The van der Waals surface area contributed by atoms with Gasteiger partial charge in [-0.25, -0.2) is 0 Å². The van der Waals surface area contributed by atoms with E-state index >= 15 is 0 Å². The topological polar surface area (TPSA) is 43.4 Å². The van der Waals surface area contributed by atoms with Gasteiger partial charge < -0.3 is 4.74 Å². The summed E-state index contributed by atoms with van der Waals surface area (Å²) in [5.41, 5.74) is 0.566. The minimum Gasteiger partial charge on any atom is -0.465 e. The Morgan fingerprint density at radius 1 is 1.38 bits per heavy atom. The van der Waals surface area contributed by atoms with Crippen molar-refractivity contribution in [3.63, 3.8) is 0 Å². The molecule has 2 aliphatic rings. The number of fused-ring (bicyclic) bond motifs is 1. The molecule has 0 bridgehead atoms. The molecule has 0 heterocycles. The number of allylic oxidation sites excluding steroid dienone is 1. The molecule has 2 aliphatic carbocycles. The van der Waals surface area contributed by atoms with Crippen molar-refractivity contribution < 1.29 is 14.3 Å². The number of esters is 1. The lowest BCUT2D eigenvalue weighted by atomic mass is 9.64. The fraction of sp³-hybridized carbons (Fsp3) is 0.692. The van der Waals surface area contributed by atoms with Crippen LogP contribution in [0.2, 0.25) is 0 Å². The Labute approximate surface area is 95.9 Å². The number of hydrogen-bond acceptors (Lipinski definition) is 3. The first-order chi connectivity index (χ1) is 7.69. The number of carbonyl (C=O) groups is 2. The lowest BCUT2D eigenvalue weighted by Gasteiger charge is -2.39. The van der Waals surface area contributed by atoms with E-state index in [1.807, 2.05) is 6.92 Å². The van der Waals surface area contributed by atoms with Crippen LogP contribution < -0.4 is 0 Å². The summed E-state index contributed by atoms with van der Waals surface area (Å²) >= 11 is 0. The van der Waals surface area contributed by atoms with Crippen molar-refractivity contribution in [3.8, 4) is 0 Å². The van der Waals surface area contributed by atoms with Crippen molar-refractivity contribution in [2.45, 2.75) is 45.4 Å². The summed E-state index contributed by atoms with van der Waals surface area (Å²) in [5, 5.41) is 0. The average molecular weight is 222 g/mol. The van der Waals surface area contributed by atoms with E-state index in [2.05, 4.69) is 0 Å².